The van der Waals surface area contributed by atoms with Gasteiger partial charge in [-0.25, -0.2) is 0 Å². The van der Waals surface area contributed by atoms with Crippen molar-refractivity contribution in [1.29, 1.82) is 0 Å². The number of hydrogen-bond donors (Lipinski definition) is 1. The van der Waals surface area contributed by atoms with E-state index in [9.17, 15) is 0 Å². The number of anilines is 1. The van der Waals surface area contributed by atoms with Crippen molar-refractivity contribution >= 4 is 31.2 Å². The fourth-order valence-electron chi connectivity index (χ4n) is 2.67. The van der Waals surface area contributed by atoms with E-state index in [2.05, 4.69) is 44.9 Å². The molecule has 0 atom stereocenters. The van der Waals surface area contributed by atoms with E-state index >= 15 is 0 Å². The molecule has 130 valence electrons. The van der Waals surface area contributed by atoms with Crippen molar-refractivity contribution < 1.29 is 9.16 Å². The van der Waals surface area contributed by atoms with E-state index in [0.29, 0.717) is 0 Å². The Morgan fingerprint density at radius 1 is 1.26 bits per heavy atom. The molecule has 5 heteroatoms. The number of nitrogens with one attached hydrogen (secondary N) is 1. The Hall–Kier alpha value is -0.913. The summed E-state index contributed by atoms with van der Waals surface area (Å²) >= 11 is 5.48. The Bertz CT molecular complexity index is 538. The molecular formula is C18H31NO2SSi. The number of thiocarbonyl (C=S) groups is 1. The van der Waals surface area contributed by atoms with E-state index < -0.39 is 8.32 Å². The quantitative estimate of drug-likeness (QED) is 0.491. The maximum absolute atomic E-state index is 6.23. The van der Waals surface area contributed by atoms with Crippen LogP contribution in [0.25, 0.3) is 0 Å². The molecule has 0 aliphatic rings. The van der Waals surface area contributed by atoms with Crippen LogP contribution in [0.4, 0.5) is 5.69 Å². The van der Waals surface area contributed by atoms with Crippen LogP contribution >= 0.6 is 12.2 Å². The molecular weight excluding hydrogens is 322 g/mol. The molecule has 0 radical (unpaired) electrons. The maximum Gasteiger partial charge on any atom is 0.184 e. The molecule has 0 heterocycles. The molecule has 1 N–H and O–H groups in total. The number of methoxy groups -OCH3 is 1. The van der Waals surface area contributed by atoms with E-state index in [1.807, 2.05) is 19.1 Å². The van der Waals surface area contributed by atoms with Gasteiger partial charge in [0.2, 0.25) is 0 Å². The molecule has 1 rings (SSSR count). The van der Waals surface area contributed by atoms with E-state index in [1.165, 1.54) is 5.56 Å². The van der Waals surface area contributed by atoms with E-state index in [1.54, 1.807) is 7.11 Å². The highest BCUT2D eigenvalue weighted by Crippen LogP contribution is 2.27. The molecule has 1 aromatic rings. The van der Waals surface area contributed by atoms with Gasteiger partial charge >= 0.3 is 0 Å². The van der Waals surface area contributed by atoms with Crippen molar-refractivity contribution in [1.82, 2.24) is 0 Å². The summed E-state index contributed by atoms with van der Waals surface area (Å²) in [6.07, 6.45) is 2.87. The summed E-state index contributed by atoms with van der Waals surface area (Å²) in [7, 11) is 0.166. The average Bonchev–Trinajstić information content (AvgIpc) is 2.37. The number of ether oxygens (including phenoxy) is 1. The Labute approximate surface area is 147 Å². The van der Waals surface area contributed by atoms with Crippen LogP contribution in [0.2, 0.25) is 19.6 Å². The summed E-state index contributed by atoms with van der Waals surface area (Å²) in [5.41, 5.74) is 2.02. The van der Waals surface area contributed by atoms with Gasteiger partial charge < -0.3 is 14.5 Å². The SMILES string of the molecule is COc1cc(C)ccc1NC(=S)CCCC(C)(C)O[Si](C)(C)C. The highest BCUT2D eigenvalue weighted by Gasteiger charge is 2.26. The topological polar surface area (TPSA) is 30.5 Å². The summed E-state index contributed by atoms with van der Waals surface area (Å²) in [5.74, 6) is 0.828. The largest absolute Gasteiger partial charge is 0.495 e. The molecule has 0 saturated heterocycles. The molecule has 23 heavy (non-hydrogen) atoms. The number of aryl methyl sites for hydroxylation is 1. The number of rotatable bonds is 8. The lowest BCUT2D eigenvalue weighted by atomic mass is 10.0. The predicted octanol–water partition coefficient (Wildman–Crippen LogP) is 5.54. The van der Waals surface area contributed by atoms with Crippen LogP contribution in [-0.2, 0) is 4.43 Å². The second kappa shape index (κ2) is 8.26. The van der Waals surface area contributed by atoms with Crippen LogP contribution in [0.1, 0.15) is 38.7 Å². The smallest absolute Gasteiger partial charge is 0.184 e. The number of benzene rings is 1. The predicted molar refractivity (Wildman–Crippen MR) is 106 cm³/mol. The maximum atomic E-state index is 6.23. The van der Waals surface area contributed by atoms with Crippen LogP contribution in [0.3, 0.4) is 0 Å². The molecule has 0 aromatic heterocycles. The van der Waals surface area contributed by atoms with Gasteiger partial charge in [-0.2, -0.15) is 0 Å². The minimum atomic E-state index is -1.51. The van der Waals surface area contributed by atoms with Crippen LogP contribution < -0.4 is 10.1 Å². The van der Waals surface area contributed by atoms with Crippen LogP contribution in [-0.4, -0.2) is 26.0 Å². The van der Waals surface area contributed by atoms with Crippen molar-refractivity contribution in [3.63, 3.8) is 0 Å². The molecule has 1 aromatic carbocycles. The first-order valence-electron chi connectivity index (χ1n) is 8.17. The van der Waals surface area contributed by atoms with Gasteiger partial charge in [0.05, 0.1) is 23.4 Å². The minimum Gasteiger partial charge on any atom is -0.495 e. The van der Waals surface area contributed by atoms with Gasteiger partial charge in [0.15, 0.2) is 8.32 Å². The molecule has 0 aliphatic carbocycles. The third-order valence-electron chi connectivity index (χ3n) is 3.40. The monoisotopic (exact) mass is 353 g/mol. The fourth-order valence-corrected chi connectivity index (χ4v) is 4.68. The summed E-state index contributed by atoms with van der Waals surface area (Å²) in [6, 6.07) is 6.08. The minimum absolute atomic E-state index is 0.0817. The van der Waals surface area contributed by atoms with Gasteiger partial charge in [0.25, 0.3) is 0 Å². The molecule has 0 saturated carbocycles. The third-order valence-corrected chi connectivity index (χ3v) is 4.87. The highest BCUT2D eigenvalue weighted by molar-refractivity contribution is 7.80. The van der Waals surface area contributed by atoms with Crippen molar-refractivity contribution in [2.24, 2.45) is 0 Å². The summed E-state index contributed by atoms with van der Waals surface area (Å²) in [4.78, 5) is 0.843. The van der Waals surface area contributed by atoms with Gasteiger partial charge in [-0.1, -0.05) is 18.3 Å². The average molecular weight is 354 g/mol. The molecule has 0 aliphatic heterocycles. The van der Waals surface area contributed by atoms with Gasteiger partial charge in [0, 0.05) is 0 Å². The van der Waals surface area contributed by atoms with Gasteiger partial charge in [-0.15, -0.1) is 0 Å². The Balaban J connectivity index is 2.49. The zero-order chi connectivity index (χ0) is 17.7. The lowest BCUT2D eigenvalue weighted by Gasteiger charge is -2.33. The van der Waals surface area contributed by atoms with E-state index in [0.717, 1.165) is 35.7 Å². The molecule has 0 unspecified atom stereocenters. The summed E-state index contributed by atoms with van der Waals surface area (Å²) < 4.78 is 11.6. The zero-order valence-electron chi connectivity index (χ0n) is 15.6. The van der Waals surface area contributed by atoms with Crippen LogP contribution in [0.5, 0.6) is 5.75 Å². The third kappa shape index (κ3) is 7.95. The Morgan fingerprint density at radius 2 is 1.91 bits per heavy atom. The fraction of sp³-hybridized carbons (Fsp3) is 0.611. The molecule has 0 bridgehead atoms. The first-order valence-corrected chi connectivity index (χ1v) is 12.0. The van der Waals surface area contributed by atoms with Crippen molar-refractivity contribution in [2.45, 2.75) is 65.3 Å². The van der Waals surface area contributed by atoms with Crippen molar-refractivity contribution in [2.75, 3.05) is 12.4 Å². The lowest BCUT2D eigenvalue weighted by Crippen LogP contribution is -2.38. The summed E-state index contributed by atoms with van der Waals surface area (Å²) in [6.45, 7) is 13.1. The summed E-state index contributed by atoms with van der Waals surface area (Å²) in [5, 5.41) is 3.30. The molecule has 0 spiro atoms. The Morgan fingerprint density at radius 3 is 2.48 bits per heavy atom. The molecule has 3 nitrogen and oxygen atoms in total. The van der Waals surface area contributed by atoms with Crippen molar-refractivity contribution in [3.05, 3.63) is 23.8 Å². The lowest BCUT2D eigenvalue weighted by molar-refractivity contribution is 0.0896. The van der Waals surface area contributed by atoms with Crippen molar-refractivity contribution in [3.8, 4) is 5.75 Å². The van der Waals surface area contributed by atoms with Crippen LogP contribution in [0, 0.1) is 6.92 Å². The second-order valence-electron chi connectivity index (χ2n) is 7.58. The van der Waals surface area contributed by atoms with Crippen LogP contribution in [0.15, 0.2) is 18.2 Å². The first-order chi connectivity index (χ1) is 10.5. The van der Waals surface area contributed by atoms with Gasteiger partial charge in [0.1, 0.15) is 5.75 Å². The van der Waals surface area contributed by atoms with E-state index in [-0.39, 0.29) is 5.60 Å². The molecule has 0 amide bonds. The highest BCUT2D eigenvalue weighted by atomic mass is 32.1. The Kier molecular flexibility index (Phi) is 7.23. The zero-order valence-corrected chi connectivity index (χ0v) is 17.4. The standard InChI is InChI=1S/C18H31NO2SSi/c1-14-10-11-15(16(13-14)20-4)19-17(22)9-8-12-18(2,3)21-23(5,6)7/h10-11,13H,8-9,12H2,1-7H3,(H,19,22). The number of hydrogen-bond acceptors (Lipinski definition) is 3. The normalized spacial score (nSPS) is 12.1. The first kappa shape index (κ1) is 20.1. The van der Waals surface area contributed by atoms with E-state index in [4.69, 9.17) is 21.4 Å². The second-order valence-corrected chi connectivity index (χ2v) is 12.5. The van der Waals surface area contributed by atoms with Gasteiger partial charge in [-0.3, -0.25) is 0 Å². The van der Waals surface area contributed by atoms with Gasteiger partial charge in [-0.05, 0) is 77.4 Å². The molecule has 0 fully saturated rings.